The highest BCUT2D eigenvalue weighted by molar-refractivity contribution is 7.18. The quantitative estimate of drug-likeness (QED) is 0.376. The van der Waals surface area contributed by atoms with Gasteiger partial charge in [-0.3, -0.25) is 19.7 Å². The number of fused-ring (bicyclic) bond motifs is 3. The lowest BCUT2D eigenvalue weighted by molar-refractivity contribution is -0.385. The van der Waals surface area contributed by atoms with E-state index >= 15 is 0 Å². The molecule has 0 spiro atoms. The maximum atomic E-state index is 12.4. The van der Waals surface area contributed by atoms with E-state index in [1.807, 2.05) is 0 Å². The van der Waals surface area contributed by atoms with Crippen molar-refractivity contribution >= 4 is 33.2 Å². The van der Waals surface area contributed by atoms with Crippen molar-refractivity contribution in [2.24, 2.45) is 0 Å². The van der Waals surface area contributed by atoms with Crippen LogP contribution in [0.3, 0.4) is 0 Å². The summed E-state index contributed by atoms with van der Waals surface area (Å²) in [4.78, 5) is 44.2. The van der Waals surface area contributed by atoms with Gasteiger partial charge in [0, 0.05) is 23.4 Å². The number of nitro benzene ring substituents is 1. The van der Waals surface area contributed by atoms with Crippen molar-refractivity contribution in [1.29, 1.82) is 0 Å². The lowest BCUT2D eigenvalue weighted by atomic mass is 10.1. The second-order valence-electron chi connectivity index (χ2n) is 7.08. The summed E-state index contributed by atoms with van der Waals surface area (Å²) in [7, 11) is 0. The molecule has 1 aromatic carbocycles. The topological polar surface area (TPSA) is 115 Å². The molecule has 2 aromatic heterocycles. The lowest BCUT2D eigenvalue weighted by Gasteiger charge is -2.07. The monoisotopic (exact) mass is 413 g/mol. The average Bonchev–Trinajstić information content (AvgIpc) is 3.26. The summed E-state index contributed by atoms with van der Waals surface area (Å²) >= 11 is 1.56. The molecule has 0 atom stereocenters. The van der Waals surface area contributed by atoms with Gasteiger partial charge >= 0.3 is 5.97 Å². The number of thiophene rings is 1. The van der Waals surface area contributed by atoms with Gasteiger partial charge in [-0.05, 0) is 42.9 Å². The number of rotatable bonds is 6. The number of hydrogen-bond acceptors (Lipinski definition) is 7. The lowest BCUT2D eigenvalue weighted by Crippen LogP contribution is -2.14. The third kappa shape index (κ3) is 3.91. The first-order chi connectivity index (χ1) is 13.9. The minimum Gasteiger partial charge on any atom is -0.461 e. The van der Waals surface area contributed by atoms with Crippen LogP contribution in [0.5, 0.6) is 0 Å². The molecule has 4 rings (SSSR count). The van der Waals surface area contributed by atoms with Crippen molar-refractivity contribution < 1.29 is 14.5 Å². The van der Waals surface area contributed by atoms with E-state index < -0.39 is 10.9 Å². The first-order valence-electron chi connectivity index (χ1n) is 9.35. The molecule has 0 amide bonds. The SMILES string of the molecule is Cc1ccc([N+](=O)[O-])cc1COC(=O)CCc1nc2sc3c(c2c(=O)[nH]1)CCC3. The highest BCUT2D eigenvalue weighted by Gasteiger charge is 2.21. The van der Waals surface area contributed by atoms with Crippen LogP contribution >= 0.6 is 11.3 Å². The highest BCUT2D eigenvalue weighted by Crippen LogP contribution is 2.34. The summed E-state index contributed by atoms with van der Waals surface area (Å²) < 4.78 is 5.25. The van der Waals surface area contributed by atoms with Crippen LogP contribution in [0.1, 0.15) is 40.2 Å². The van der Waals surface area contributed by atoms with Crippen LogP contribution < -0.4 is 5.56 Å². The number of ether oxygens (including phenoxy) is 1. The number of hydrogen-bond donors (Lipinski definition) is 1. The zero-order chi connectivity index (χ0) is 20.5. The van der Waals surface area contributed by atoms with Crippen LogP contribution in [0.4, 0.5) is 5.69 Å². The van der Waals surface area contributed by atoms with E-state index in [1.54, 1.807) is 24.3 Å². The first kappa shape index (κ1) is 19.3. The summed E-state index contributed by atoms with van der Waals surface area (Å²) in [6, 6.07) is 4.45. The second-order valence-corrected chi connectivity index (χ2v) is 8.16. The molecule has 2 heterocycles. The van der Waals surface area contributed by atoms with Gasteiger partial charge in [0.2, 0.25) is 0 Å². The number of aromatic nitrogens is 2. The number of nitrogens with one attached hydrogen (secondary N) is 1. The van der Waals surface area contributed by atoms with Crippen LogP contribution in [0.15, 0.2) is 23.0 Å². The Hall–Kier alpha value is -3.07. The number of benzene rings is 1. The van der Waals surface area contributed by atoms with Crippen LogP contribution in [0.2, 0.25) is 0 Å². The maximum absolute atomic E-state index is 12.4. The molecular weight excluding hydrogens is 394 g/mol. The number of nitrogens with zero attached hydrogens (tertiary/aromatic N) is 2. The Labute approximate surface area is 169 Å². The fourth-order valence-corrected chi connectivity index (χ4v) is 4.82. The molecule has 0 fully saturated rings. The molecule has 29 heavy (non-hydrogen) atoms. The van der Waals surface area contributed by atoms with Crippen LogP contribution in [-0.2, 0) is 35.4 Å². The normalized spacial score (nSPS) is 12.9. The van der Waals surface area contributed by atoms with Crippen molar-refractivity contribution in [1.82, 2.24) is 9.97 Å². The summed E-state index contributed by atoms with van der Waals surface area (Å²) in [5.74, 6) is 0.0122. The van der Waals surface area contributed by atoms with E-state index in [1.165, 1.54) is 17.0 Å². The second kappa shape index (κ2) is 7.75. The van der Waals surface area contributed by atoms with Gasteiger partial charge in [0.1, 0.15) is 17.3 Å². The molecule has 1 aliphatic carbocycles. The van der Waals surface area contributed by atoms with E-state index in [0.717, 1.165) is 35.2 Å². The largest absolute Gasteiger partial charge is 0.461 e. The van der Waals surface area contributed by atoms with Crippen molar-refractivity contribution in [3.8, 4) is 0 Å². The molecule has 1 aliphatic rings. The smallest absolute Gasteiger partial charge is 0.306 e. The maximum Gasteiger partial charge on any atom is 0.306 e. The fourth-order valence-electron chi connectivity index (χ4n) is 3.54. The summed E-state index contributed by atoms with van der Waals surface area (Å²) in [6.07, 6.45) is 3.32. The summed E-state index contributed by atoms with van der Waals surface area (Å²) in [5.41, 5.74) is 2.33. The van der Waals surface area contributed by atoms with E-state index in [0.29, 0.717) is 16.8 Å². The average molecular weight is 413 g/mol. The van der Waals surface area contributed by atoms with Gasteiger partial charge in [-0.25, -0.2) is 4.98 Å². The Kier molecular flexibility index (Phi) is 5.14. The molecule has 3 aromatic rings. The molecule has 0 bridgehead atoms. The summed E-state index contributed by atoms with van der Waals surface area (Å²) in [6.45, 7) is 1.77. The van der Waals surface area contributed by atoms with Gasteiger partial charge in [0.15, 0.2) is 0 Å². The van der Waals surface area contributed by atoms with Crippen molar-refractivity contribution in [3.05, 3.63) is 66.1 Å². The molecule has 8 nitrogen and oxygen atoms in total. The zero-order valence-corrected chi connectivity index (χ0v) is 16.6. The molecule has 150 valence electrons. The third-order valence-corrected chi connectivity index (χ3v) is 6.31. The number of aromatic amines is 1. The number of carbonyl (C=O) groups is 1. The minimum atomic E-state index is -0.483. The molecule has 1 N–H and O–H groups in total. The van der Waals surface area contributed by atoms with Crippen LogP contribution in [-0.4, -0.2) is 20.9 Å². The van der Waals surface area contributed by atoms with Gasteiger partial charge in [0.25, 0.3) is 11.2 Å². The number of carbonyl (C=O) groups excluding carboxylic acids is 1. The van der Waals surface area contributed by atoms with Gasteiger partial charge in [-0.2, -0.15) is 0 Å². The predicted octanol–water partition coefficient (Wildman–Crippen LogP) is 3.37. The summed E-state index contributed by atoms with van der Waals surface area (Å²) in [5, 5.41) is 11.6. The van der Waals surface area contributed by atoms with Crippen molar-refractivity contribution in [2.75, 3.05) is 0 Å². The van der Waals surface area contributed by atoms with E-state index in [-0.39, 0.29) is 30.7 Å². The Balaban J connectivity index is 1.40. The molecule has 0 unspecified atom stereocenters. The Morgan fingerprint density at radius 2 is 2.21 bits per heavy atom. The number of H-pyrrole nitrogens is 1. The Bertz CT molecular complexity index is 1180. The molecule has 0 radical (unpaired) electrons. The molecule has 9 heteroatoms. The Morgan fingerprint density at radius 1 is 1.38 bits per heavy atom. The zero-order valence-electron chi connectivity index (χ0n) is 15.8. The van der Waals surface area contributed by atoms with E-state index in [4.69, 9.17) is 4.74 Å². The van der Waals surface area contributed by atoms with Gasteiger partial charge in [0.05, 0.1) is 16.7 Å². The molecule has 0 saturated heterocycles. The van der Waals surface area contributed by atoms with Crippen LogP contribution in [0, 0.1) is 17.0 Å². The highest BCUT2D eigenvalue weighted by atomic mass is 32.1. The Morgan fingerprint density at radius 3 is 3.00 bits per heavy atom. The van der Waals surface area contributed by atoms with Gasteiger partial charge < -0.3 is 9.72 Å². The van der Waals surface area contributed by atoms with Crippen molar-refractivity contribution in [2.45, 2.75) is 45.6 Å². The number of esters is 1. The standard InChI is InChI=1S/C20H19N3O5S/c1-11-5-6-13(23(26)27)9-12(11)10-28-17(24)8-7-16-21-19(25)18-14-3-2-4-15(14)29-20(18)22-16/h5-6,9H,2-4,7-8,10H2,1H3,(H,21,22,25). The number of aryl methyl sites for hydroxylation is 4. The van der Waals surface area contributed by atoms with Crippen LogP contribution in [0.25, 0.3) is 10.2 Å². The predicted molar refractivity (Wildman–Crippen MR) is 108 cm³/mol. The minimum absolute atomic E-state index is 0.0347. The third-order valence-electron chi connectivity index (χ3n) is 5.12. The molecule has 0 aliphatic heterocycles. The fraction of sp³-hybridized carbons (Fsp3) is 0.350. The van der Waals surface area contributed by atoms with E-state index in [2.05, 4.69) is 9.97 Å². The van der Waals surface area contributed by atoms with Gasteiger partial charge in [-0.15, -0.1) is 11.3 Å². The first-order valence-corrected chi connectivity index (χ1v) is 10.2. The van der Waals surface area contributed by atoms with Crippen molar-refractivity contribution in [3.63, 3.8) is 0 Å². The number of non-ortho nitro benzene ring substituents is 1. The molecular formula is C20H19N3O5S. The van der Waals surface area contributed by atoms with E-state index in [9.17, 15) is 19.7 Å². The number of nitro groups is 1. The molecule has 0 saturated carbocycles. The van der Waals surface area contributed by atoms with Gasteiger partial charge in [-0.1, -0.05) is 6.07 Å².